The van der Waals surface area contributed by atoms with Crippen molar-refractivity contribution in [2.75, 3.05) is 7.05 Å². The highest BCUT2D eigenvalue weighted by Crippen LogP contribution is 2.34. The largest absolute Gasteiger partial charge is 0.342 e. The normalized spacial score (nSPS) is 17.0. The van der Waals surface area contributed by atoms with Crippen molar-refractivity contribution in [1.82, 2.24) is 14.9 Å². The zero-order valence-electron chi connectivity index (χ0n) is 15.5. The van der Waals surface area contributed by atoms with Gasteiger partial charge in [0.15, 0.2) is 0 Å². The van der Waals surface area contributed by atoms with E-state index >= 15 is 0 Å². The van der Waals surface area contributed by atoms with E-state index in [2.05, 4.69) is 23.0 Å². The van der Waals surface area contributed by atoms with Crippen LogP contribution in [-0.2, 0) is 11.2 Å². The van der Waals surface area contributed by atoms with Crippen molar-refractivity contribution in [2.45, 2.75) is 75.6 Å². The van der Waals surface area contributed by atoms with Crippen LogP contribution in [0.25, 0.3) is 10.2 Å². The lowest BCUT2D eigenvalue weighted by molar-refractivity contribution is -0.131. The van der Waals surface area contributed by atoms with Crippen molar-refractivity contribution in [3.8, 4) is 0 Å². The molecular formula is C19H27N3OS2. The van der Waals surface area contributed by atoms with Crippen LogP contribution in [0.1, 0.15) is 56.7 Å². The number of rotatable bonds is 5. The standard InChI is InChI=1S/C19H27N3OS2/c1-5-15-11-16-17(20-13(3)21-18(16)25-15)24-12(2)19(23)22(4)14-9-7-6-8-10-14/h11-12,14H,5-10H2,1-4H3. The smallest absolute Gasteiger partial charge is 0.235 e. The molecule has 2 aromatic rings. The number of carbonyl (C=O) groups excluding carboxylic acids is 1. The summed E-state index contributed by atoms with van der Waals surface area (Å²) in [6.07, 6.45) is 7.07. The second-order valence-electron chi connectivity index (χ2n) is 6.86. The first-order chi connectivity index (χ1) is 12.0. The predicted molar refractivity (Wildman–Crippen MR) is 106 cm³/mol. The van der Waals surface area contributed by atoms with Crippen molar-refractivity contribution in [2.24, 2.45) is 0 Å². The first-order valence-corrected chi connectivity index (χ1v) is 10.9. The maximum atomic E-state index is 12.9. The Bertz CT molecular complexity index is 752. The summed E-state index contributed by atoms with van der Waals surface area (Å²) < 4.78 is 0. The van der Waals surface area contributed by atoms with E-state index in [-0.39, 0.29) is 11.2 Å². The van der Waals surface area contributed by atoms with Crippen LogP contribution in [0.2, 0.25) is 0 Å². The molecule has 1 unspecified atom stereocenters. The molecule has 0 bridgehead atoms. The Balaban J connectivity index is 1.77. The molecule has 1 atom stereocenters. The van der Waals surface area contributed by atoms with Crippen molar-refractivity contribution in [1.29, 1.82) is 0 Å². The number of amides is 1. The average Bonchev–Trinajstić information content (AvgIpc) is 3.04. The van der Waals surface area contributed by atoms with Gasteiger partial charge in [-0.25, -0.2) is 9.97 Å². The molecule has 4 nitrogen and oxygen atoms in total. The van der Waals surface area contributed by atoms with E-state index in [1.807, 2.05) is 25.8 Å². The molecule has 0 radical (unpaired) electrons. The van der Waals surface area contributed by atoms with E-state index in [9.17, 15) is 4.79 Å². The molecule has 0 aliphatic heterocycles. The molecule has 1 fully saturated rings. The highest BCUT2D eigenvalue weighted by Gasteiger charge is 2.27. The Morgan fingerprint density at radius 2 is 2.08 bits per heavy atom. The van der Waals surface area contributed by atoms with Crippen molar-refractivity contribution in [3.63, 3.8) is 0 Å². The topological polar surface area (TPSA) is 46.1 Å². The number of carbonyl (C=O) groups is 1. The van der Waals surface area contributed by atoms with Gasteiger partial charge in [0, 0.05) is 23.4 Å². The lowest BCUT2D eigenvalue weighted by Crippen LogP contribution is -2.42. The third-order valence-electron chi connectivity index (χ3n) is 4.98. The number of nitrogens with zero attached hydrogens (tertiary/aromatic N) is 3. The van der Waals surface area contributed by atoms with Crippen molar-refractivity contribution >= 4 is 39.2 Å². The molecule has 1 aliphatic rings. The highest BCUT2D eigenvalue weighted by atomic mass is 32.2. The Morgan fingerprint density at radius 3 is 2.76 bits per heavy atom. The Morgan fingerprint density at radius 1 is 1.36 bits per heavy atom. The Hall–Kier alpha value is -1.14. The van der Waals surface area contributed by atoms with Gasteiger partial charge in [0.25, 0.3) is 0 Å². The van der Waals surface area contributed by atoms with E-state index in [1.165, 1.54) is 24.1 Å². The van der Waals surface area contributed by atoms with Gasteiger partial charge in [-0.2, -0.15) is 0 Å². The van der Waals surface area contributed by atoms with Crippen LogP contribution in [0, 0.1) is 6.92 Å². The second-order valence-corrected chi connectivity index (χ2v) is 9.31. The lowest BCUT2D eigenvalue weighted by atomic mass is 9.94. The third kappa shape index (κ3) is 4.17. The molecule has 0 aromatic carbocycles. The molecule has 0 saturated heterocycles. The number of thioether (sulfide) groups is 1. The number of aryl methyl sites for hydroxylation is 2. The van der Waals surface area contributed by atoms with Crippen LogP contribution in [0.3, 0.4) is 0 Å². The fourth-order valence-electron chi connectivity index (χ4n) is 3.46. The fraction of sp³-hybridized carbons (Fsp3) is 0.632. The molecule has 1 saturated carbocycles. The molecular weight excluding hydrogens is 350 g/mol. The van der Waals surface area contributed by atoms with Crippen LogP contribution in [0.4, 0.5) is 0 Å². The maximum Gasteiger partial charge on any atom is 0.235 e. The molecule has 6 heteroatoms. The van der Waals surface area contributed by atoms with Gasteiger partial charge in [-0.05, 0) is 39.2 Å². The number of hydrogen-bond donors (Lipinski definition) is 0. The molecule has 0 N–H and O–H groups in total. The van der Waals surface area contributed by atoms with Gasteiger partial charge >= 0.3 is 0 Å². The number of aromatic nitrogens is 2. The van der Waals surface area contributed by atoms with Crippen LogP contribution >= 0.6 is 23.1 Å². The summed E-state index contributed by atoms with van der Waals surface area (Å²) in [5.41, 5.74) is 0. The van der Waals surface area contributed by atoms with Crippen LogP contribution < -0.4 is 0 Å². The van der Waals surface area contributed by atoms with Crippen LogP contribution in [-0.4, -0.2) is 39.1 Å². The van der Waals surface area contributed by atoms with E-state index < -0.39 is 0 Å². The van der Waals surface area contributed by atoms with Crippen molar-refractivity contribution in [3.05, 3.63) is 16.8 Å². The number of thiophene rings is 1. The first kappa shape index (κ1) is 18.6. The van der Waals surface area contributed by atoms with Gasteiger partial charge in [0.2, 0.25) is 5.91 Å². The third-order valence-corrected chi connectivity index (χ3v) is 7.24. The van der Waals surface area contributed by atoms with Crippen LogP contribution in [0.5, 0.6) is 0 Å². The van der Waals surface area contributed by atoms with Gasteiger partial charge in [0.1, 0.15) is 15.7 Å². The Kier molecular flexibility index (Phi) is 6.00. The van der Waals surface area contributed by atoms with E-state index in [4.69, 9.17) is 0 Å². The van der Waals surface area contributed by atoms with Gasteiger partial charge in [-0.3, -0.25) is 4.79 Å². The number of fused-ring (bicyclic) bond motifs is 1. The first-order valence-electron chi connectivity index (χ1n) is 9.20. The molecule has 25 heavy (non-hydrogen) atoms. The summed E-state index contributed by atoms with van der Waals surface area (Å²) in [4.78, 5) is 26.4. The van der Waals surface area contributed by atoms with Gasteiger partial charge in [-0.1, -0.05) is 37.9 Å². The summed E-state index contributed by atoms with van der Waals surface area (Å²) >= 11 is 3.31. The van der Waals surface area contributed by atoms with Gasteiger partial charge < -0.3 is 4.90 Å². The molecule has 2 aromatic heterocycles. The summed E-state index contributed by atoms with van der Waals surface area (Å²) in [7, 11) is 1.97. The predicted octanol–water partition coefficient (Wildman–Crippen LogP) is 4.83. The summed E-state index contributed by atoms with van der Waals surface area (Å²) in [5, 5.41) is 1.91. The molecule has 2 heterocycles. The highest BCUT2D eigenvalue weighted by molar-refractivity contribution is 8.00. The van der Waals surface area contributed by atoms with E-state index in [0.717, 1.165) is 40.3 Å². The quantitative estimate of drug-likeness (QED) is 0.553. The zero-order valence-corrected chi connectivity index (χ0v) is 17.2. The van der Waals surface area contributed by atoms with E-state index in [0.29, 0.717) is 6.04 Å². The molecule has 1 amide bonds. The average molecular weight is 378 g/mol. The van der Waals surface area contributed by atoms with Gasteiger partial charge in [0.05, 0.1) is 5.25 Å². The second kappa shape index (κ2) is 8.04. The minimum atomic E-state index is -0.130. The summed E-state index contributed by atoms with van der Waals surface area (Å²) in [6, 6.07) is 2.59. The molecule has 0 spiro atoms. The number of hydrogen-bond acceptors (Lipinski definition) is 5. The zero-order chi connectivity index (χ0) is 18.0. The minimum Gasteiger partial charge on any atom is -0.342 e. The maximum absolute atomic E-state index is 12.9. The van der Waals surface area contributed by atoms with Gasteiger partial charge in [-0.15, -0.1) is 11.3 Å². The van der Waals surface area contributed by atoms with Crippen molar-refractivity contribution < 1.29 is 4.79 Å². The molecule has 3 rings (SSSR count). The Labute approximate surface area is 158 Å². The minimum absolute atomic E-state index is 0.130. The molecule has 136 valence electrons. The summed E-state index contributed by atoms with van der Waals surface area (Å²) in [5.74, 6) is 0.993. The SMILES string of the molecule is CCc1cc2c(SC(C)C(=O)N(C)C3CCCCC3)nc(C)nc2s1. The molecule has 1 aliphatic carbocycles. The van der Waals surface area contributed by atoms with Crippen LogP contribution in [0.15, 0.2) is 11.1 Å². The fourth-order valence-corrected chi connectivity index (χ4v) is 5.61. The lowest BCUT2D eigenvalue weighted by Gasteiger charge is -2.32. The monoisotopic (exact) mass is 377 g/mol. The van der Waals surface area contributed by atoms with E-state index in [1.54, 1.807) is 23.1 Å². The summed E-state index contributed by atoms with van der Waals surface area (Å²) in [6.45, 7) is 6.08.